The van der Waals surface area contributed by atoms with E-state index in [2.05, 4.69) is 22.9 Å². The zero-order chi connectivity index (χ0) is 13.0. The Morgan fingerprint density at radius 3 is 2.94 bits per heavy atom. The quantitative estimate of drug-likeness (QED) is 0.854. The molecular formula is C14H23N3O. The van der Waals surface area contributed by atoms with Crippen LogP contribution in [0.3, 0.4) is 0 Å². The third-order valence-corrected chi connectivity index (χ3v) is 3.76. The predicted molar refractivity (Wildman–Crippen MR) is 73.5 cm³/mol. The number of nitrogens with two attached hydrogens (primary N) is 1. The van der Waals surface area contributed by atoms with Gasteiger partial charge in [-0.05, 0) is 37.8 Å². The zero-order valence-electron chi connectivity index (χ0n) is 11.0. The Hall–Kier alpha value is -1.13. The predicted octanol–water partition coefficient (Wildman–Crippen LogP) is 1.84. The molecule has 0 spiro atoms. The lowest BCUT2D eigenvalue weighted by atomic mass is 10.0. The van der Waals surface area contributed by atoms with Crippen molar-refractivity contribution in [2.75, 3.05) is 18.1 Å². The molecular weight excluding hydrogens is 226 g/mol. The van der Waals surface area contributed by atoms with Crippen molar-refractivity contribution >= 4 is 5.69 Å². The summed E-state index contributed by atoms with van der Waals surface area (Å²) in [5.74, 6) is 0. The summed E-state index contributed by atoms with van der Waals surface area (Å²) < 4.78 is 0. The highest BCUT2D eigenvalue weighted by Crippen LogP contribution is 2.24. The normalized spacial score (nSPS) is 21.9. The van der Waals surface area contributed by atoms with Gasteiger partial charge in [-0.3, -0.25) is 4.98 Å². The Balaban J connectivity index is 2.12. The molecule has 1 saturated heterocycles. The minimum absolute atomic E-state index is 0.0223. The van der Waals surface area contributed by atoms with Gasteiger partial charge in [0, 0.05) is 12.6 Å². The van der Waals surface area contributed by atoms with Crippen molar-refractivity contribution in [2.45, 2.75) is 44.7 Å². The van der Waals surface area contributed by atoms with Gasteiger partial charge >= 0.3 is 0 Å². The van der Waals surface area contributed by atoms with E-state index in [9.17, 15) is 5.11 Å². The molecule has 100 valence electrons. The summed E-state index contributed by atoms with van der Waals surface area (Å²) in [6.45, 7) is 3.29. The van der Waals surface area contributed by atoms with Crippen molar-refractivity contribution in [3.63, 3.8) is 0 Å². The van der Waals surface area contributed by atoms with E-state index in [1.807, 2.05) is 12.3 Å². The number of hydrogen-bond acceptors (Lipinski definition) is 4. The molecule has 1 fully saturated rings. The summed E-state index contributed by atoms with van der Waals surface area (Å²) in [5.41, 5.74) is 8.00. The van der Waals surface area contributed by atoms with Crippen molar-refractivity contribution < 1.29 is 5.11 Å². The number of pyridine rings is 1. The summed E-state index contributed by atoms with van der Waals surface area (Å²) in [6.07, 6.45) is 6.24. The van der Waals surface area contributed by atoms with Gasteiger partial charge in [0.1, 0.15) is 0 Å². The fourth-order valence-electron chi connectivity index (χ4n) is 2.53. The molecule has 2 unspecified atom stereocenters. The molecule has 1 aliphatic heterocycles. The minimum Gasteiger partial charge on any atom is -0.394 e. The zero-order valence-corrected chi connectivity index (χ0v) is 11.0. The highest BCUT2D eigenvalue weighted by Gasteiger charge is 2.22. The fraction of sp³-hybridized carbons (Fsp3) is 0.643. The summed E-state index contributed by atoms with van der Waals surface area (Å²) in [4.78, 5) is 6.71. The Labute approximate surface area is 109 Å². The van der Waals surface area contributed by atoms with Gasteiger partial charge in [-0.2, -0.15) is 0 Å². The summed E-state index contributed by atoms with van der Waals surface area (Å²) in [7, 11) is 0. The van der Waals surface area contributed by atoms with Crippen LogP contribution in [-0.2, 0) is 0 Å². The monoisotopic (exact) mass is 249 g/mol. The molecule has 1 aromatic heterocycles. The molecule has 1 aromatic rings. The Morgan fingerprint density at radius 2 is 2.33 bits per heavy atom. The van der Waals surface area contributed by atoms with Crippen LogP contribution >= 0.6 is 0 Å². The lowest BCUT2D eigenvalue weighted by molar-refractivity contribution is 0.240. The molecule has 0 radical (unpaired) electrons. The first-order chi connectivity index (χ1) is 8.76. The van der Waals surface area contributed by atoms with Crippen LogP contribution in [0, 0.1) is 0 Å². The number of piperidine rings is 1. The van der Waals surface area contributed by atoms with E-state index in [0.717, 1.165) is 30.8 Å². The smallest absolute Gasteiger partial charge is 0.0635 e. The number of aliphatic hydroxyl groups excluding tert-OH is 1. The number of aromatic nitrogens is 1. The van der Waals surface area contributed by atoms with Crippen LogP contribution in [0.1, 0.15) is 44.3 Å². The molecule has 2 heterocycles. The van der Waals surface area contributed by atoms with E-state index in [4.69, 9.17) is 5.73 Å². The first kappa shape index (κ1) is 13.3. The number of anilines is 1. The third kappa shape index (κ3) is 2.82. The van der Waals surface area contributed by atoms with Gasteiger partial charge in [0.05, 0.1) is 30.2 Å². The molecule has 0 saturated carbocycles. The second kappa shape index (κ2) is 6.16. The lowest BCUT2D eigenvalue weighted by Crippen LogP contribution is -2.42. The van der Waals surface area contributed by atoms with Crippen LogP contribution in [0.4, 0.5) is 5.69 Å². The first-order valence-electron chi connectivity index (χ1n) is 6.85. The van der Waals surface area contributed by atoms with Gasteiger partial charge < -0.3 is 15.7 Å². The minimum atomic E-state index is 0.0223. The van der Waals surface area contributed by atoms with Gasteiger partial charge in [0.2, 0.25) is 0 Å². The lowest BCUT2D eigenvalue weighted by Gasteiger charge is -2.36. The second-order valence-electron chi connectivity index (χ2n) is 4.98. The molecule has 0 aromatic carbocycles. The van der Waals surface area contributed by atoms with Crippen molar-refractivity contribution in [3.05, 3.63) is 24.0 Å². The van der Waals surface area contributed by atoms with Crippen molar-refractivity contribution in [2.24, 2.45) is 5.73 Å². The van der Waals surface area contributed by atoms with Crippen LogP contribution < -0.4 is 10.6 Å². The van der Waals surface area contributed by atoms with Crippen molar-refractivity contribution in [3.8, 4) is 0 Å². The second-order valence-corrected chi connectivity index (χ2v) is 4.98. The average Bonchev–Trinajstić information content (AvgIpc) is 2.46. The number of hydrogen-bond donors (Lipinski definition) is 2. The Kier molecular flexibility index (Phi) is 4.55. The maximum Gasteiger partial charge on any atom is 0.0635 e. The molecule has 4 nitrogen and oxygen atoms in total. The summed E-state index contributed by atoms with van der Waals surface area (Å²) in [5, 5.41) is 9.42. The van der Waals surface area contributed by atoms with Gasteiger partial charge in [-0.25, -0.2) is 0 Å². The molecule has 18 heavy (non-hydrogen) atoms. The molecule has 2 atom stereocenters. The van der Waals surface area contributed by atoms with E-state index in [0.29, 0.717) is 0 Å². The van der Waals surface area contributed by atoms with Crippen LogP contribution in [0.5, 0.6) is 0 Å². The molecule has 4 heteroatoms. The van der Waals surface area contributed by atoms with Gasteiger partial charge in [0.15, 0.2) is 0 Å². The van der Waals surface area contributed by atoms with Crippen LogP contribution in [0.15, 0.2) is 18.3 Å². The van der Waals surface area contributed by atoms with Crippen molar-refractivity contribution in [1.82, 2.24) is 4.98 Å². The third-order valence-electron chi connectivity index (χ3n) is 3.76. The molecule has 1 aliphatic rings. The molecule has 0 amide bonds. The largest absolute Gasteiger partial charge is 0.394 e. The van der Waals surface area contributed by atoms with E-state index in [1.54, 1.807) is 0 Å². The van der Waals surface area contributed by atoms with E-state index in [-0.39, 0.29) is 18.7 Å². The van der Waals surface area contributed by atoms with Crippen LogP contribution in [0.25, 0.3) is 0 Å². The summed E-state index contributed by atoms with van der Waals surface area (Å²) in [6, 6.07) is 4.35. The van der Waals surface area contributed by atoms with Crippen molar-refractivity contribution in [1.29, 1.82) is 0 Å². The highest BCUT2D eigenvalue weighted by atomic mass is 16.3. The average molecular weight is 249 g/mol. The van der Waals surface area contributed by atoms with Crippen LogP contribution in [-0.4, -0.2) is 29.3 Å². The summed E-state index contributed by atoms with van der Waals surface area (Å²) >= 11 is 0. The number of aliphatic hydroxyl groups is 1. The molecule has 0 bridgehead atoms. The van der Waals surface area contributed by atoms with E-state index in [1.165, 1.54) is 12.8 Å². The first-order valence-corrected chi connectivity index (χ1v) is 6.85. The molecule has 0 aliphatic carbocycles. The fourth-order valence-corrected chi connectivity index (χ4v) is 2.53. The topological polar surface area (TPSA) is 62.4 Å². The van der Waals surface area contributed by atoms with Gasteiger partial charge in [-0.15, -0.1) is 0 Å². The maximum absolute atomic E-state index is 9.42. The Morgan fingerprint density at radius 1 is 1.50 bits per heavy atom. The van der Waals surface area contributed by atoms with Gasteiger partial charge in [-0.1, -0.05) is 6.92 Å². The SMILES string of the molecule is CCC(N)c1ccc(N2CCCCC2CO)cn1. The van der Waals surface area contributed by atoms with Crippen LogP contribution in [0.2, 0.25) is 0 Å². The van der Waals surface area contributed by atoms with Gasteiger partial charge in [0.25, 0.3) is 0 Å². The molecule has 3 N–H and O–H groups in total. The van der Waals surface area contributed by atoms with E-state index >= 15 is 0 Å². The Bertz CT molecular complexity index is 366. The molecule has 2 rings (SSSR count). The maximum atomic E-state index is 9.42. The number of rotatable bonds is 4. The highest BCUT2D eigenvalue weighted by molar-refractivity contribution is 5.46. The van der Waals surface area contributed by atoms with E-state index < -0.39 is 0 Å². The standard InChI is InChI=1S/C14H23N3O/c1-2-13(15)14-7-6-11(9-16-14)17-8-4-3-5-12(17)10-18/h6-7,9,12-13,18H,2-5,8,10,15H2,1H3. The number of nitrogens with zero attached hydrogens (tertiary/aromatic N) is 2.